The second kappa shape index (κ2) is 11.4. The Morgan fingerprint density at radius 2 is 1.33 bits per heavy atom. The van der Waals surface area contributed by atoms with E-state index < -0.39 is 19.1 Å². The second-order valence-corrected chi connectivity index (χ2v) is 6.83. The molecular formula is C20H22FIO5. The van der Waals surface area contributed by atoms with Gasteiger partial charge in [-0.05, 0) is 84.7 Å². The molecule has 0 spiro atoms. The summed E-state index contributed by atoms with van der Waals surface area (Å²) in [5.41, 5.74) is 4.44. The van der Waals surface area contributed by atoms with E-state index in [9.17, 15) is 18.8 Å². The highest BCUT2D eigenvalue weighted by Gasteiger charge is 2.10. The normalized spacial score (nSPS) is 9.78. The largest absolute Gasteiger partial charge is 0.478 e. The minimum Gasteiger partial charge on any atom is -0.478 e. The molecule has 2 aromatic rings. The number of carboxylic acid groups (broad SMARTS) is 2. The number of aryl methyl sites for hydroxylation is 4. The Hall–Kier alpha value is -2.29. The van der Waals surface area contributed by atoms with Crippen molar-refractivity contribution in [2.75, 3.05) is 7.15 Å². The molecule has 0 saturated carbocycles. The Balaban J connectivity index is 0.000000458. The number of aromatic carboxylic acids is 2. The zero-order valence-electron chi connectivity index (χ0n) is 16.5. The molecule has 0 aromatic heterocycles. The molecule has 2 aromatic carbocycles. The molecule has 0 aliphatic rings. The van der Waals surface area contributed by atoms with E-state index in [-0.39, 0.29) is 5.56 Å². The molecule has 0 aliphatic carbocycles. The van der Waals surface area contributed by atoms with E-state index in [0.29, 0.717) is 23.0 Å². The highest BCUT2D eigenvalue weighted by atomic mass is 127. The van der Waals surface area contributed by atoms with E-state index >= 15 is 0 Å². The van der Waals surface area contributed by atoms with Crippen molar-refractivity contribution >= 4 is 40.8 Å². The van der Waals surface area contributed by atoms with Gasteiger partial charge in [0.25, 0.3) is 0 Å². The number of aldehydes is 1. The van der Waals surface area contributed by atoms with Gasteiger partial charge in [0.05, 0.1) is 19.7 Å². The summed E-state index contributed by atoms with van der Waals surface area (Å²) in [7, 11) is -1.00. The fraction of sp³-hybridized carbons (Fsp3) is 0.250. The molecule has 0 amide bonds. The van der Waals surface area contributed by atoms with Crippen LogP contribution in [0, 0.1) is 31.3 Å². The number of halogens is 2. The predicted molar refractivity (Wildman–Crippen MR) is 111 cm³/mol. The fourth-order valence-corrected chi connectivity index (χ4v) is 2.75. The lowest BCUT2D eigenvalue weighted by Gasteiger charge is -2.04. The number of hydrogen-bond donors (Lipinski definition) is 2. The van der Waals surface area contributed by atoms with Gasteiger partial charge in [0.1, 0.15) is 6.29 Å². The summed E-state index contributed by atoms with van der Waals surface area (Å²) >= 11 is 2.14. The molecule has 7 heteroatoms. The third-order valence-electron chi connectivity index (χ3n) is 3.71. The van der Waals surface area contributed by atoms with Gasteiger partial charge in [-0.1, -0.05) is 12.1 Å². The summed E-state index contributed by atoms with van der Waals surface area (Å²) in [5.74, 6) is -1.86. The van der Waals surface area contributed by atoms with Crippen molar-refractivity contribution < 1.29 is 30.4 Å². The number of rotatable bonds is 3. The molecule has 0 bridgehead atoms. The molecule has 2 rings (SSSR count). The Morgan fingerprint density at radius 1 is 0.926 bits per heavy atom. The Kier molecular flexibility index (Phi) is 9.63. The van der Waals surface area contributed by atoms with Gasteiger partial charge in [0, 0.05) is 9.13 Å². The molecular weight excluding hydrogens is 466 g/mol. The van der Waals surface area contributed by atoms with Crippen LogP contribution in [0.4, 0.5) is 4.39 Å². The SMILES string of the molecule is Cc1cc(C)c(C(=O)O)cc1C=O.Cc1cc(C)c(C(=O)O)cc1I.[2H]CF. The molecule has 0 radical (unpaired) electrons. The summed E-state index contributed by atoms with van der Waals surface area (Å²) in [4.78, 5) is 31.9. The van der Waals surface area contributed by atoms with E-state index in [1.807, 2.05) is 19.9 Å². The predicted octanol–water partition coefficient (Wildman–Crippen LogP) is 5.01. The topological polar surface area (TPSA) is 91.7 Å². The maximum absolute atomic E-state index is 10.7. The van der Waals surface area contributed by atoms with Crippen molar-refractivity contribution in [1.29, 1.82) is 0 Å². The van der Waals surface area contributed by atoms with Gasteiger partial charge in [-0.2, -0.15) is 0 Å². The maximum atomic E-state index is 10.7. The van der Waals surface area contributed by atoms with Crippen LogP contribution in [-0.4, -0.2) is 35.6 Å². The minimum atomic E-state index is -1.00. The molecule has 0 unspecified atom stereocenters. The van der Waals surface area contributed by atoms with Crippen molar-refractivity contribution in [1.82, 2.24) is 0 Å². The Morgan fingerprint density at radius 3 is 1.74 bits per heavy atom. The third kappa shape index (κ3) is 7.09. The first-order valence-electron chi connectivity index (χ1n) is 8.35. The standard InChI is InChI=1S/C10H10O3.C9H9IO2.CH3F/c1-6-3-7(2)9(10(12)13)4-8(6)5-11;1-5-3-6(2)8(10)4-7(5)9(11)12;1-2/h3-5H,1-2H3,(H,12,13);3-4H,1-2H3,(H,11,12);1H3/i;;1D. The fourth-order valence-electron chi connectivity index (χ4n) is 2.28. The van der Waals surface area contributed by atoms with Crippen LogP contribution in [0.2, 0.25) is 0 Å². The quantitative estimate of drug-likeness (QED) is 0.468. The van der Waals surface area contributed by atoms with Crippen LogP contribution >= 0.6 is 22.6 Å². The Bertz CT molecular complexity index is 868. The van der Waals surface area contributed by atoms with Crippen LogP contribution in [0.3, 0.4) is 0 Å². The van der Waals surface area contributed by atoms with Crippen molar-refractivity contribution in [3.63, 3.8) is 0 Å². The van der Waals surface area contributed by atoms with Crippen molar-refractivity contribution in [3.8, 4) is 0 Å². The third-order valence-corrected chi connectivity index (χ3v) is 4.87. The van der Waals surface area contributed by atoms with E-state index in [0.717, 1.165) is 20.3 Å². The van der Waals surface area contributed by atoms with E-state index in [1.54, 1.807) is 26.0 Å². The first-order valence-corrected chi connectivity index (χ1v) is 8.72. The number of carbonyl (C=O) groups excluding carboxylic acids is 1. The summed E-state index contributed by atoms with van der Waals surface area (Å²) in [6.07, 6.45) is 0.668. The van der Waals surface area contributed by atoms with E-state index in [4.69, 9.17) is 11.6 Å². The lowest BCUT2D eigenvalue weighted by atomic mass is 10.0. The molecule has 5 nitrogen and oxygen atoms in total. The van der Waals surface area contributed by atoms with Gasteiger partial charge in [0.15, 0.2) is 0 Å². The molecule has 2 N–H and O–H groups in total. The summed E-state index contributed by atoms with van der Waals surface area (Å²) in [6.45, 7) is 7.28. The zero-order valence-corrected chi connectivity index (χ0v) is 17.6. The number of carbonyl (C=O) groups is 3. The van der Waals surface area contributed by atoms with Gasteiger partial charge in [-0.15, -0.1) is 0 Å². The average Bonchev–Trinajstić information content (AvgIpc) is 2.59. The van der Waals surface area contributed by atoms with Crippen LogP contribution in [-0.2, 0) is 0 Å². The van der Waals surface area contributed by atoms with E-state index in [1.165, 1.54) is 6.07 Å². The first kappa shape index (κ1) is 22.8. The molecule has 0 fully saturated rings. The van der Waals surface area contributed by atoms with Crippen LogP contribution < -0.4 is 0 Å². The molecule has 0 heterocycles. The lowest BCUT2D eigenvalue weighted by molar-refractivity contribution is 0.0685. The van der Waals surface area contributed by atoms with Crippen molar-refractivity contribution in [2.45, 2.75) is 27.7 Å². The van der Waals surface area contributed by atoms with Gasteiger partial charge in [-0.3, -0.25) is 9.18 Å². The van der Waals surface area contributed by atoms with Crippen LogP contribution in [0.5, 0.6) is 0 Å². The molecule has 27 heavy (non-hydrogen) atoms. The van der Waals surface area contributed by atoms with Crippen LogP contribution in [0.25, 0.3) is 0 Å². The molecule has 0 saturated heterocycles. The van der Waals surface area contributed by atoms with Crippen LogP contribution in [0.15, 0.2) is 24.3 Å². The van der Waals surface area contributed by atoms with Gasteiger partial charge < -0.3 is 10.2 Å². The minimum absolute atomic E-state index is 0.188. The molecule has 0 atom stereocenters. The number of carboxylic acids is 2. The molecule has 146 valence electrons. The highest BCUT2D eigenvalue weighted by Crippen LogP contribution is 2.17. The number of benzene rings is 2. The highest BCUT2D eigenvalue weighted by molar-refractivity contribution is 14.1. The average molecular weight is 489 g/mol. The second-order valence-electron chi connectivity index (χ2n) is 5.67. The first-order chi connectivity index (χ1) is 13.0. The number of alkyl halides is 1. The maximum Gasteiger partial charge on any atom is 0.335 e. The van der Waals surface area contributed by atoms with Crippen molar-refractivity contribution in [3.05, 3.63) is 66.8 Å². The van der Waals surface area contributed by atoms with E-state index in [2.05, 4.69) is 22.6 Å². The van der Waals surface area contributed by atoms with Gasteiger partial charge in [0.2, 0.25) is 0 Å². The monoisotopic (exact) mass is 489 g/mol. The lowest BCUT2D eigenvalue weighted by Crippen LogP contribution is -2.02. The Labute approximate surface area is 172 Å². The smallest absolute Gasteiger partial charge is 0.335 e. The summed E-state index contributed by atoms with van der Waals surface area (Å²) < 4.78 is 16.5. The zero-order chi connectivity index (χ0) is 22.0. The summed E-state index contributed by atoms with van der Waals surface area (Å²) in [5, 5.41) is 17.5. The van der Waals surface area contributed by atoms with Crippen LogP contribution in [0.1, 0.15) is 54.7 Å². The summed E-state index contributed by atoms with van der Waals surface area (Å²) in [6, 6.07) is 6.70. The number of hydrogen-bond acceptors (Lipinski definition) is 3. The van der Waals surface area contributed by atoms with Gasteiger partial charge >= 0.3 is 11.9 Å². The van der Waals surface area contributed by atoms with Gasteiger partial charge in [-0.25, -0.2) is 9.59 Å². The molecule has 0 aliphatic heterocycles. The van der Waals surface area contributed by atoms with Crippen molar-refractivity contribution in [2.24, 2.45) is 0 Å².